The lowest BCUT2D eigenvalue weighted by atomic mass is 9.96. The van der Waals surface area contributed by atoms with Gasteiger partial charge in [0.1, 0.15) is 0 Å². The molecule has 2 fully saturated rings. The average molecular weight is 332 g/mol. The van der Waals surface area contributed by atoms with E-state index in [1.54, 1.807) is 11.4 Å². The van der Waals surface area contributed by atoms with Crippen molar-refractivity contribution in [3.8, 4) is 0 Å². The largest absolute Gasteiger partial charge is 0.299 e. The summed E-state index contributed by atoms with van der Waals surface area (Å²) < 4.78 is 29.3. The van der Waals surface area contributed by atoms with Crippen LogP contribution in [0.15, 0.2) is 0 Å². The third-order valence-electron chi connectivity index (χ3n) is 5.34. The van der Waals surface area contributed by atoms with Crippen molar-refractivity contribution in [2.75, 3.05) is 26.7 Å². The molecular formula is C16H33N3O2S. The monoisotopic (exact) mass is 331 g/mol. The Balaban J connectivity index is 1.83. The molecule has 5 nitrogen and oxygen atoms in total. The number of nitrogens with zero attached hydrogens (tertiary/aromatic N) is 2. The van der Waals surface area contributed by atoms with E-state index in [0.717, 1.165) is 44.7 Å². The van der Waals surface area contributed by atoms with Gasteiger partial charge < -0.3 is 0 Å². The van der Waals surface area contributed by atoms with E-state index in [1.807, 2.05) is 0 Å². The Kier molecular flexibility index (Phi) is 6.68. The van der Waals surface area contributed by atoms with Gasteiger partial charge in [0.2, 0.25) is 0 Å². The Morgan fingerprint density at radius 1 is 1.18 bits per heavy atom. The minimum Gasteiger partial charge on any atom is -0.299 e. The van der Waals surface area contributed by atoms with Gasteiger partial charge in [0, 0.05) is 32.2 Å². The summed E-state index contributed by atoms with van der Waals surface area (Å²) in [7, 11) is -1.62. The van der Waals surface area contributed by atoms with E-state index in [1.165, 1.54) is 19.3 Å². The highest BCUT2D eigenvalue weighted by Crippen LogP contribution is 2.23. The zero-order valence-electron chi connectivity index (χ0n) is 14.4. The fourth-order valence-corrected chi connectivity index (χ4v) is 4.98. The normalized spacial score (nSPS) is 27.2. The van der Waals surface area contributed by atoms with Crippen molar-refractivity contribution in [2.45, 2.75) is 70.9 Å². The van der Waals surface area contributed by atoms with E-state index in [0.29, 0.717) is 6.54 Å². The van der Waals surface area contributed by atoms with Gasteiger partial charge in [-0.2, -0.15) is 12.7 Å². The van der Waals surface area contributed by atoms with E-state index in [2.05, 4.69) is 23.5 Å². The van der Waals surface area contributed by atoms with E-state index < -0.39 is 10.2 Å². The van der Waals surface area contributed by atoms with Crippen LogP contribution in [0, 0.1) is 5.92 Å². The van der Waals surface area contributed by atoms with Crippen molar-refractivity contribution >= 4 is 10.2 Å². The molecule has 2 aliphatic rings. The van der Waals surface area contributed by atoms with Crippen LogP contribution in [0.5, 0.6) is 0 Å². The molecule has 1 heterocycles. The van der Waals surface area contributed by atoms with Crippen LogP contribution in [0.4, 0.5) is 0 Å². The van der Waals surface area contributed by atoms with Gasteiger partial charge in [0.25, 0.3) is 10.2 Å². The molecule has 0 radical (unpaired) electrons. The molecule has 2 unspecified atom stereocenters. The van der Waals surface area contributed by atoms with E-state index in [-0.39, 0.29) is 12.1 Å². The van der Waals surface area contributed by atoms with Crippen LogP contribution in [-0.4, -0.2) is 56.4 Å². The van der Waals surface area contributed by atoms with Crippen LogP contribution >= 0.6 is 0 Å². The molecular weight excluding hydrogens is 298 g/mol. The molecule has 2 rings (SSSR count). The van der Waals surface area contributed by atoms with Crippen LogP contribution < -0.4 is 4.72 Å². The molecule has 6 heteroatoms. The van der Waals surface area contributed by atoms with Gasteiger partial charge in [-0.05, 0) is 45.1 Å². The van der Waals surface area contributed by atoms with Crippen molar-refractivity contribution in [1.29, 1.82) is 0 Å². The Bertz CT molecular complexity index is 435. The lowest BCUT2D eigenvalue weighted by molar-refractivity contribution is 0.139. The Hall–Kier alpha value is -0.170. The molecule has 0 aromatic carbocycles. The maximum atomic E-state index is 12.5. The zero-order valence-corrected chi connectivity index (χ0v) is 15.2. The van der Waals surface area contributed by atoms with E-state index in [9.17, 15) is 8.42 Å². The molecule has 1 saturated heterocycles. The lowest BCUT2D eigenvalue weighted by Crippen LogP contribution is -2.50. The van der Waals surface area contributed by atoms with E-state index in [4.69, 9.17) is 0 Å². The van der Waals surface area contributed by atoms with Crippen LogP contribution in [-0.2, 0) is 10.2 Å². The molecule has 0 aromatic heterocycles. The smallest absolute Gasteiger partial charge is 0.279 e. The summed E-state index contributed by atoms with van der Waals surface area (Å²) in [5.74, 6) is 0.720. The third kappa shape index (κ3) is 4.91. The quantitative estimate of drug-likeness (QED) is 0.812. The van der Waals surface area contributed by atoms with Gasteiger partial charge in [0.05, 0.1) is 0 Å². The average Bonchev–Trinajstić information content (AvgIpc) is 2.52. The Morgan fingerprint density at radius 2 is 1.86 bits per heavy atom. The lowest BCUT2D eigenvalue weighted by Gasteiger charge is -2.36. The topological polar surface area (TPSA) is 52.7 Å². The van der Waals surface area contributed by atoms with Gasteiger partial charge >= 0.3 is 0 Å². The van der Waals surface area contributed by atoms with E-state index >= 15 is 0 Å². The molecule has 0 spiro atoms. The molecule has 22 heavy (non-hydrogen) atoms. The summed E-state index contributed by atoms with van der Waals surface area (Å²) in [5, 5.41) is 0. The minimum absolute atomic E-state index is 0.177. The number of likely N-dealkylation sites (tertiary alicyclic amines) is 1. The van der Waals surface area contributed by atoms with Crippen molar-refractivity contribution in [1.82, 2.24) is 13.9 Å². The standard InChI is InChI=1S/C16H33N3O2S/c1-14-8-7-11-19(13-14)15(2)12-17-22(20,21)18(3)16-9-5-4-6-10-16/h14-17H,4-13H2,1-3H3. The Morgan fingerprint density at radius 3 is 2.50 bits per heavy atom. The highest BCUT2D eigenvalue weighted by atomic mass is 32.2. The number of hydrogen-bond donors (Lipinski definition) is 1. The molecule has 130 valence electrons. The molecule has 0 aromatic rings. The number of nitrogens with one attached hydrogen (secondary N) is 1. The van der Waals surface area contributed by atoms with Gasteiger partial charge in [-0.15, -0.1) is 0 Å². The van der Waals surface area contributed by atoms with Gasteiger partial charge in [0.15, 0.2) is 0 Å². The molecule has 1 aliphatic heterocycles. The summed E-state index contributed by atoms with van der Waals surface area (Å²) in [6.07, 6.45) is 8.04. The maximum absolute atomic E-state index is 12.5. The Labute approximate surface area is 136 Å². The van der Waals surface area contributed by atoms with Gasteiger partial charge in [-0.1, -0.05) is 26.2 Å². The minimum atomic E-state index is -3.35. The highest BCUT2D eigenvalue weighted by Gasteiger charge is 2.28. The molecule has 0 amide bonds. The van der Waals surface area contributed by atoms with Crippen molar-refractivity contribution < 1.29 is 8.42 Å². The van der Waals surface area contributed by atoms with Crippen LogP contribution in [0.3, 0.4) is 0 Å². The molecule has 2 atom stereocenters. The summed E-state index contributed by atoms with van der Waals surface area (Å²) in [4.78, 5) is 2.41. The van der Waals surface area contributed by atoms with Crippen LogP contribution in [0.1, 0.15) is 58.8 Å². The molecule has 0 bridgehead atoms. The second-order valence-electron chi connectivity index (χ2n) is 7.25. The molecule has 1 saturated carbocycles. The highest BCUT2D eigenvalue weighted by molar-refractivity contribution is 7.87. The van der Waals surface area contributed by atoms with Crippen molar-refractivity contribution in [3.63, 3.8) is 0 Å². The fourth-order valence-electron chi connectivity index (χ4n) is 3.72. The summed E-state index contributed by atoms with van der Waals surface area (Å²) in [6, 6.07) is 0.439. The second-order valence-corrected chi connectivity index (χ2v) is 9.07. The van der Waals surface area contributed by atoms with Gasteiger partial charge in [-0.3, -0.25) is 4.90 Å². The predicted molar refractivity (Wildman–Crippen MR) is 91.0 cm³/mol. The summed E-state index contributed by atoms with van der Waals surface area (Å²) >= 11 is 0. The fraction of sp³-hybridized carbons (Fsp3) is 1.00. The number of rotatable bonds is 6. The summed E-state index contributed by atoms with van der Waals surface area (Å²) in [5.41, 5.74) is 0. The first-order valence-electron chi connectivity index (χ1n) is 8.87. The van der Waals surface area contributed by atoms with Gasteiger partial charge in [-0.25, -0.2) is 4.72 Å². The molecule has 1 aliphatic carbocycles. The van der Waals surface area contributed by atoms with Crippen LogP contribution in [0.25, 0.3) is 0 Å². The first kappa shape index (κ1) is 18.2. The van der Waals surface area contributed by atoms with Crippen molar-refractivity contribution in [2.24, 2.45) is 5.92 Å². The van der Waals surface area contributed by atoms with Crippen LogP contribution in [0.2, 0.25) is 0 Å². The zero-order chi connectivity index (χ0) is 16.2. The van der Waals surface area contributed by atoms with Crippen molar-refractivity contribution in [3.05, 3.63) is 0 Å². The molecule has 1 N–H and O–H groups in total. The maximum Gasteiger partial charge on any atom is 0.279 e. The number of piperidine rings is 1. The predicted octanol–water partition coefficient (Wildman–Crippen LogP) is 2.21. The third-order valence-corrected chi connectivity index (χ3v) is 6.93. The first-order valence-corrected chi connectivity index (χ1v) is 10.3. The SMILES string of the molecule is CC1CCCN(C(C)CNS(=O)(=O)N(C)C2CCCCC2)C1. The first-order chi connectivity index (χ1) is 10.4. The second kappa shape index (κ2) is 8.08. The number of hydrogen-bond acceptors (Lipinski definition) is 3. The summed E-state index contributed by atoms with van der Waals surface area (Å²) in [6.45, 7) is 7.08.